The van der Waals surface area contributed by atoms with Gasteiger partial charge in [0.25, 0.3) is 0 Å². The molecule has 0 saturated heterocycles. The van der Waals surface area contributed by atoms with Crippen LogP contribution in [-0.4, -0.2) is 25.8 Å². The number of rotatable bonds is 8. The van der Waals surface area contributed by atoms with Gasteiger partial charge in [0.15, 0.2) is 0 Å². The minimum absolute atomic E-state index is 0.139. The van der Waals surface area contributed by atoms with E-state index in [0.717, 1.165) is 13.0 Å². The minimum Gasteiger partial charge on any atom is -0.380 e. The van der Waals surface area contributed by atoms with Crippen molar-refractivity contribution in [1.29, 1.82) is 0 Å². The van der Waals surface area contributed by atoms with E-state index in [4.69, 9.17) is 16.3 Å². The van der Waals surface area contributed by atoms with Crippen LogP contribution in [0, 0.1) is 5.82 Å². The molecule has 1 aromatic carbocycles. The van der Waals surface area contributed by atoms with Gasteiger partial charge in [0, 0.05) is 17.7 Å². The highest BCUT2D eigenvalue weighted by atomic mass is 35.5. The van der Waals surface area contributed by atoms with Crippen molar-refractivity contribution in [3.05, 3.63) is 34.6 Å². The van der Waals surface area contributed by atoms with Crippen molar-refractivity contribution in [2.24, 2.45) is 0 Å². The summed E-state index contributed by atoms with van der Waals surface area (Å²) in [5.41, 5.74) is 0.674. The molecule has 0 heterocycles. The molecule has 0 aliphatic heterocycles. The molecule has 0 amide bonds. The molecule has 4 heteroatoms. The fraction of sp³-hybridized carbons (Fsp3) is 0.571. The molecule has 1 rings (SSSR count). The second-order valence-corrected chi connectivity index (χ2v) is 4.69. The smallest absolute Gasteiger partial charge is 0.127 e. The molecule has 0 aliphatic rings. The van der Waals surface area contributed by atoms with Gasteiger partial charge < -0.3 is 10.1 Å². The minimum atomic E-state index is -0.248. The number of hydrogen-bond donors (Lipinski definition) is 1. The molecule has 0 saturated carbocycles. The van der Waals surface area contributed by atoms with Crippen LogP contribution in [0.4, 0.5) is 4.39 Å². The summed E-state index contributed by atoms with van der Waals surface area (Å²) in [5.74, 6) is -0.248. The van der Waals surface area contributed by atoms with Crippen LogP contribution < -0.4 is 5.32 Å². The predicted octanol–water partition coefficient (Wildman–Crippen LogP) is 3.43. The van der Waals surface area contributed by atoms with Gasteiger partial charge in [-0.2, -0.15) is 0 Å². The second kappa shape index (κ2) is 8.46. The summed E-state index contributed by atoms with van der Waals surface area (Å²) in [6, 6.07) is 4.96. The van der Waals surface area contributed by atoms with E-state index >= 15 is 0 Å². The van der Waals surface area contributed by atoms with Crippen LogP contribution in [0.5, 0.6) is 0 Å². The van der Waals surface area contributed by atoms with E-state index in [2.05, 4.69) is 12.2 Å². The van der Waals surface area contributed by atoms with Gasteiger partial charge in [-0.3, -0.25) is 0 Å². The van der Waals surface area contributed by atoms with Crippen LogP contribution in [0.25, 0.3) is 0 Å². The number of ether oxygens (including phenoxy) is 1. The molecule has 1 atom stereocenters. The standard InChI is InChI=1S/C14H21ClFNO/c1-3-7-17-13(10-18-4-2)8-11-5-6-12(15)9-14(11)16/h5-6,9,13,17H,3-4,7-8,10H2,1-2H3. The molecule has 0 aliphatic carbocycles. The third kappa shape index (κ3) is 5.34. The number of hydrogen-bond acceptors (Lipinski definition) is 2. The molecule has 18 heavy (non-hydrogen) atoms. The van der Waals surface area contributed by atoms with Gasteiger partial charge in [-0.05, 0) is 44.0 Å². The summed E-state index contributed by atoms with van der Waals surface area (Å²) in [6.07, 6.45) is 1.66. The quantitative estimate of drug-likeness (QED) is 0.784. The lowest BCUT2D eigenvalue weighted by atomic mass is 10.1. The lowest BCUT2D eigenvalue weighted by Crippen LogP contribution is -2.36. The first-order valence-corrected chi connectivity index (χ1v) is 6.80. The van der Waals surface area contributed by atoms with E-state index in [9.17, 15) is 4.39 Å². The summed E-state index contributed by atoms with van der Waals surface area (Å²) < 4.78 is 19.1. The Kier molecular flexibility index (Phi) is 7.25. The van der Waals surface area contributed by atoms with Crippen LogP contribution >= 0.6 is 11.6 Å². The van der Waals surface area contributed by atoms with Gasteiger partial charge in [0.2, 0.25) is 0 Å². The van der Waals surface area contributed by atoms with Crippen LogP contribution in [-0.2, 0) is 11.2 Å². The Balaban J connectivity index is 2.62. The molecule has 0 fully saturated rings. The Morgan fingerprint density at radius 3 is 2.78 bits per heavy atom. The van der Waals surface area contributed by atoms with E-state index < -0.39 is 0 Å². The third-order valence-corrected chi connectivity index (χ3v) is 2.92. The van der Waals surface area contributed by atoms with Crippen molar-refractivity contribution in [1.82, 2.24) is 5.32 Å². The van der Waals surface area contributed by atoms with Crippen LogP contribution in [0.2, 0.25) is 5.02 Å². The maximum absolute atomic E-state index is 13.7. The van der Waals surface area contributed by atoms with E-state index in [0.29, 0.717) is 30.2 Å². The fourth-order valence-corrected chi connectivity index (χ4v) is 1.91. The molecule has 2 nitrogen and oxygen atoms in total. The first-order valence-electron chi connectivity index (χ1n) is 6.42. The molecule has 0 aromatic heterocycles. The first kappa shape index (κ1) is 15.4. The summed E-state index contributed by atoms with van der Waals surface area (Å²) in [7, 11) is 0. The SMILES string of the molecule is CCCNC(COCC)Cc1ccc(Cl)cc1F. The van der Waals surface area contributed by atoms with E-state index in [1.54, 1.807) is 12.1 Å². The highest BCUT2D eigenvalue weighted by Crippen LogP contribution is 2.16. The topological polar surface area (TPSA) is 21.3 Å². The van der Waals surface area contributed by atoms with Gasteiger partial charge in [-0.1, -0.05) is 24.6 Å². The first-order chi connectivity index (χ1) is 8.67. The molecule has 1 N–H and O–H groups in total. The average molecular weight is 274 g/mol. The Morgan fingerprint density at radius 1 is 1.39 bits per heavy atom. The molecular formula is C14H21ClFNO. The van der Waals surface area contributed by atoms with Crippen molar-refractivity contribution < 1.29 is 9.13 Å². The summed E-state index contributed by atoms with van der Waals surface area (Å²) in [5, 5.41) is 3.80. The Labute approximate surface area is 113 Å². The van der Waals surface area contributed by atoms with Gasteiger partial charge >= 0.3 is 0 Å². The largest absolute Gasteiger partial charge is 0.380 e. The Hall–Kier alpha value is -0.640. The molecule has 102 valence electrons. The van der Waals surface area contributed by atoms with E-state index in [1.165, 1.54) is 6.07 Å². The zero-order valence-corrected chi connectivity index (χ0v) is 11.8. The normalized spacial score (nSPS) is 12.7. The highest BCUT2D eigenvalue weighted by molar-refractivity contribution is 6.30. The Morgan fingerprint density at radius 2 is 2.17 bits per heavy atom. The van der Waals surface area contributed by atoms with Crippen LogP contribution in [0.3, 0.4) is 0 Å². The van der Waals surface area contributed by atoms with Crippen molar-refractivity contribution in [3.8, 4) is 0 Å². The molecule has 0 radical (unpaired) electrons. The maximum atomic E-state index is 13.7. The van der Waals surface area contributed by atoms with E-state index in [1.807, 2.05) is 6.92 Å². The number of benzene rings is 1. The zero-order chi connectivity index (χ0) is 13.4. The number of halogens is 2. The van der Waals surface area contributed by atoms with Crippen molar-refractivity contribution in [2.45, 2.75) is 32.7 Å². The van der Waals surface area contributed by atoms with Crippen LogP contribution in [0.1, 0.15) is 25.8 Å². The summed E-state index contributed by atoms with van der Waals surface area (Å²) >= 11 is 5.74. The molecule has 1 aromatic rings. The maximum Gasteiger partial charge on any atom is 0.127 e. The lowest BCUT2D eigenvalue weighted by molar-refractivity contribution is 0.122. The van der Waals surface area contributed by atoms with Gasteiger partial charge in [-0.25, -0.2) is 4.39 Å². The molecular weight excluding hydrogens is 253 g/mol. The second-order valence-electron chi connectivity index (χ2n) is 4.25. The highest BCUT2D eigenvalue weighted by Gasteiger charge is 2.12. The van der Waals surface area contributed by atoms with Crippen LogP contribution in [0.15, 0.2) is 18.2 Å². The molecule has 0 spiro atoms. The Bertz CT molecular complexity index is 352. The van der Waals surface area contributed by atoms with Gasteiger partial charge in [0.05, 0.1) is 6.61 Å². The molecule has 1 unspecified atom stereocenters. The predicted molar refractivity (Wildman–Crippen MR) is 73.7 cm³/mol. The molecule has 0 bridgehead atoms. The van der Waals surface area contributed by atoms with E-state index in [-0.39, 0.29) is 11.9 Å². The van der Waals surface area contributed by atoms with Crippen molar-refractivity contribution in [2.75, 3.05) is 19.8 Å². The van der Waals surface area contributed by atoms with Crippen molar-refractivity contribution >= 4 is 11.6 Å². The number of nitrogens with one attached hydrogen (secondary N) is 1. The average Bonchev–Trinajstić information content (AvgIpc) is 2.35. The summed E-state index contributed by atoms with van der Waals surface area (Å²) in [6.45, 7) is 6.24. The third-order valence-electron chi connectivity index (χ3n) is 2.69. The van der Waals surface area contributed by atoms with Gasteiger partial charge in [0.1, 0.15) is 5.82 Å². The summed E-state index contributed by atoms with van der Waals surface area (Å²) in [4.78, 5) is 0. The van der Waals surface area contributed by atoms with Gasteiger partial charge in [-0.15, -0.1) is 0 Å². The van der Waals surface area contributed by atoms with Crippen molar-refractivity contribution in [3.63, 3.8) is 0 Å². The lowest BCUT2D eigenvalue weighted by Gasteiger charge is -2.18. The fourth-order valence-electron chi connectivity index (χ4n) is 1.75. The monoisotopic (exact) mass is 273 g/mol. The zero-order valence-electron chi connectivity index (χ0n) is 11.0.